The smallest absolute Gasteiger partial charge is 0.306 e. The molecule has 58 heavy (non-hydrogen) atoms. The van der Waals surface area contributed by atoms with Gasteiger partial charge in [0.1, 0.15) is 6.10 Å². The number of amides is 1. The highest BCUT2D eigenvalue weighted by Gasteiger charge is 2.24. The van der Waals surface area contributed by atoms with Gasteiger partial charge in [-0.25, -0.2) is 0 Å². The van der Waals surface area contributed by atoms with E-state index in [9.17, 15) is 19.8 Å². The van der Waals surface area contributed by atoms with Gasteiger partial charge in [-0.05, 0) is 57.8 Å². The molecule has 0 aliphatic carbocycles. The number of carbonyl (C=O) groups is 2. The molecule has 0 saturated carbocycles. The molecule has 0 aliphatic heterocycles. The number of ether oxygens (including phenoxy) is 1. The summed E-state index contributed by atoms with van der Waals surface area (Å²) in [5, 5.41) is 23.7. The van der Waals surface area contributed by atoms with Crippen molar-refractivity contribution < 1.29 is 24.5 Å². The van der Waals surface area contributed by atoms with Crippen LogP contribution in [0.4, 0.5) is 0 Å². The van der Waals surface area contributed by atoms with Gasteiger partial charge < -0.3 is 20.3 Å². The lowest BCUT2D eigenvalue weighted by Gasteiger charge is -2.24. The number of carbonyl (C=O) groups excluding carboxylic acids is 2. The summed E-state index contributed by atoms with van der Waals surface area (Å²) in [5.41, 5.74) is 0. The van der Waals surface area contributed by atoms with Crippen molar-refractivity contribution in [3.8, 4) is 0 Å². The zero-order valence-corrected chi connectivity index (χ0v) is 38.7. The SMILES string of the molecule is CC/C=C/C/C=C/C/C=C/CCCCCCC(=O)OC(CCCCCCCCCCCCCCCCC)CC(=O)NC(CO)C(O)CCCCCCCCCCCC. The predicted octanol–water partition coefficient (Wildman–Crippen LogP) is 14.9. The van der Waals surface area contributed by atoms with Crippen LogP contribution in [-0.2, 0) is 14.3 Å². The van der Waals surface area contributed by atoms with Gasteiger partial charge in [0.15, 0.2) is 0 Å². The van der Waals surface area contributed by atoms with Crippen molar-refractivity contribution in [2.75, 3.05) is 6.61 Å². The predicted molar refractivity (Wildman–Crippen MR) is 250 cm³/mol. The molecule has 0 saturated heterocycles. The number of esters is 1. The number of hydrogen-bond acceptors (Lipinski definition) is 5. The summed E-state index contributed by atoms with van der Waals surface area (Å²) < 4.78 is 5.92. The van der Waals surface area contributed by atoms with Crippen LogP contribution in [0.5, 0.6) is 0 Å². The maximum absolute atomic E-state index is 13.2. The number of unbranched alkanes of at least 4 members (excludes halogenated alkanes) is 27. The van der Waals surface area contributed by atoms with Crippen molar-refractivity contribution in [3.63, 3.8) is 0 Å². The highest BCUT2D eigenvalue weighted by Crippen LogP contribution is 2.18. The van der Waals surface area contributed by atoms with Crippen molar-refractivity contribution in [1.82, 2.24) is 5.32 Å². The highest BCUT2D eigenvalue weighted by molar-refractivity contribution is 5.77. The van der Waals surface area contributed by atoms with Crippen LogP contribution in [0, 0.1) is 0 Å². The van der Waals surface area contributed by atoms with E-state index in [0.717, 1.165) is 83.5 Å². The number of nitrogens with one attached hydrogen (secondary N) is 1. The fourth-order valence-electron chi connectivity index (χ4n) is 7.68. The third-order valence-electron chi connectivity index (χ3n) is 11.5. The van der Waals surface area contributed by atoms with Crippen molar-refractivity contribution in [3.05, 3.63) is 36.5 Å². The molecular formula is C52H97NO5. The second kappa shape index (κ2) is 46.2. The van der Waals surface area contributed by atoms with Crippen LogP contribution in [0.3, 0.4) is 0 Å². The van der Waals surface area contributed by atoms with Gasteiger partial charge in [0.25, 0.3) is 0 Å². The summed E-state index contributed by atoms with van der Waals surface area (Å²) in [4.78, 5) is 26.1. The van der Waals surface area contributed by atoms with Gasteiger partial charge in [-0.3, -0.25) is 9.59 Å². The Kier molecular flexibility index (Phi) is 44.6. The van der Waals surface area contributed by atoms with E-state index in [-0.39, 0.29) is 24.9 Å². The van der Waals surface area contributed by atoms with Crippen molar-refractivity contribution in [2.45, 2.75) is 277 Å². The number of aliphatic hydroxyl groups excluding tert-OH is 2. The van der Waals surface area contributed by atoms with Crippen LogP contribution < -0.4 is 5.32 Å². The molecule has 340 valence electrons. The summed E-state index contributed by atoms with van der Waals surface area (Å²) in [6.45, 7) is 6.37. The van der Waals surface area contributed by atoms with Gasteiger partial charge in [-0.1, -0.05) is 224 Å². The minimum atomic E-state index is -0.787. The van der Waals surface area contributed by atoms with Crippen LogP contribution in [0.25, 0.3) is 0 Å². The van der Waals surface area contributed by atoms with Crippen LogP contribution in [-0.4, -0.2) is 46.9 Å². The molecule has 0 aliphatic rings. The first-order valence-corrected chi connectivity index (χ1v) is 25.2. The molecule has 0 fully saturated rings. The van der Waals surface area contributed by atoms with E-state index in [4.69, 9.17) is 4.74 Å². The van der Waals surface area contributed by atoms with E-state index in [1.807, 2.05) is 0 Å². The maximum Gasteiger partial charge on any atom is 0.306 e. The molecule has 3 unspecified atom stereocenters. The Hall–Kier alpha value is -1.92. The Balaban J connectivity index is 4.60. The number of rotatable bonds is 45. The molecule has 0 aromatic heterocycles. The third kappa shape index (κ3) is 40.8. The van der Waals surface area contributed by atoms with Crippen molar-refractivity contribution in [1.29, 1.82) is 0 Å². The minimum absolute atomic E-state index is 0.0722. The Morgan fingerprint density at radius 1 is 0.517 bits per heavy atom. The molecule has 0 spiro atoms. The van der Waals surface area contributed by atoms with Crippen molar-refractivity contribution in [2.24, 2.45) is 0 Å². The van der Waals surface area contributed by atoms with Gasteiger partial charge in [0, 0.05) is 6.42 Å². The molecule has 3 N–H and O–H groups in total. The molecular weight excluding hydrogens is 719 g/mol. The molecule has 0 bridgehead atoms. The molecule has 6 nitrogen and oxygen atoms in total. The first-order valence-electron chi connectivity index (χ1n) is 25.2. The highest BCUT2D eigenvalue weighted by atomic mass is 16.5. The fraction of sp³-hybridized carbons (Fsp3) is 0.846. The van der Waals surface area contributed by atoms with E-state index < -0.39 is 18.2 Å². The Morgan fingerprint density at radius 2 is 0.931 bits per heavy atom. The zero-order valence-electron chi connectivity index (χ0n) is 38.7. The van der Waals surface area contributed by atoms with Crippen LogP contribution in [0.15, 0.2) is 36.5 Å². The zero-order chi connectivity index (χ0) is 42.4. The topological polar surface area (TPSA) is 95.9 Å². The van der Waals surface area contributed by atoms with Crippen LogP contribution in [0.1, 0.15) is 258 Å². The minimum Gasteiger partial charge on any atom is -0.462 e. The van der Waals surface area contributed by atoms with Gasteiger partial charge in [0.05, 0.1) is 25.2 Å². The number of aliphatic hydroxyl groups is 2. The monoisotopic (exact) mass is 816 g/mol. The quantitative estimate of drug-likeness (QED) is 0.0323. The molecule has 1 amide bonds. The van der Waals surface area contributed by atoms with Gasteiger partial charge >= 0.3 is 5.97 Å². The Labute approximate surface area is 360 Å². The molecule has 0 radical (unpaired) electrons. The normalized spacial score (nSPS) is 13.5. The van der Waals surface area contributed by atoms with E-state index in [2.05, 4.69) is 62.5 Å². The maximum atomic E-state index is 13.2. The van der Waals surface area contributed by atoms with E-state index in [1.165, 1.54) is 128 Å². The molecule has 0 aromatic carbocycles. The van der Waals surface area contributed by atoms with Gasteiger partial charge in [-0.2, -0.15) is 0 Å². The fourth-order valence-corrected chi connectivity index (χ4v) is 7.68. The summed E-state index contributed by atoms with van der Waals surface area (Å²) in [6.07, 6.45) is 53.5. The summed E-state index contributed by atoms with van der Waals surface area (Å²) in [7, 11) is 0. The Bertz CT molecular complexity index is 961. The van der Waals surface area contributed by atoms with Gasteiger partial charge in [0.2, 0.25) is 5.91 Å². The first kappa shape index (κ1) is 56.1. The number of allylic oxidation sites excluding steroid dienone is 6. The lowest BCUT2D eigenvalue weighted by Crippen LogP contribution is -2.46. The van der Waals surface area contributed by atoms with E-state index in [0.29, 0.717) is 19.3 Å². The largest absolute Gasteiger partial charge is 0.462 e. The second-order valence-electron chi connectivity index (χ2n) is 17.2. The lowest BCUT2D eigenvalue weighted by molar-refractivity contribution is -0.151. The van der Waals surface area contributed by atoms with Crippen LogP contribution >= 0.6 is 0 Å². The Morgan fingerprint density at radius 3 is 1.41 bits per heavy atom. The summed E-state index contributed by atoms with van der Waals surface area (Å²) in [5.74, 6) is -0.490. The first-order chi connectivity index (χ1) is 28.5. The standard InChI is InChI=1S/C52H97NO5/c1-4-7-10-13-16-19-22-24-26-27-29-31-34-37-40-43-48(58-52(57)45-42-39-36-33-30-28-25-23-20-17-14-11-8-5-2)46-51(56)53-49(47-54)50(55)44-41-38-35-32-21-18-15-12-9-6-3/h8,11,17,20,25,28,48-50,54-55H,4-7,9-10,12-16,18-19,21-24,26-27,29-47H2,1-3H3,(H,53,56)/b11-8+,20-17+,28-25+. The van der Waals surface area contributed by atoms with Crippen LogP contribution in [0.2, 0.25) is 0 Å². The summed E-state index contributed by atoms with van der Waals surface area (Å²) >= 11 is 0. The number of hydrogen-bond donors (Lipinski definition) is 3. The average molecular weight is 816 g/mol. The molecule has 0 aromatic rings. The molecule has 0 rings (SSSR count). The van der Waals surface area contributed by atoms with Crippen molar-refractivity contribution >= 4 is 11.9 Å². The lowest BCUT2D eigenvalue weighted by atomic mass is 10.0. The molecule has 3 atom stereocenters. The average Bonchev–Trinajstić information content (AvgIpc) is 3.22. The van der Waals surface area contributed by atoms with Gasteiger partial charge in [-0.15, -0.1) is 0 Å². The third-order valence-corrected chi connectivity index (χ3v) is 11.5. The van der Waals surface area contributed by atoms with E-state index >= 15 is 0 Å². The second-order valence-corrected chi connectivity index (χ2v) is 17.2. The summed E-state index contributed by atoms with van der Waals surface area (Å²) in [6, 6.07) is -0.701. The molecule has 0 heterocycles. The molecule has 6 heteroatoms. The van der Waals surface area contributed by atoms with E-state index in [1.54, 1.807) is 0 Å².